The number of thiophene rings is 1. The third-order valence-corrected chi connectivity index (χ3v) is 5.46. The Morgan fingerprint density at radius 2 is 2.22 bits per heavy atom. The lowest BCUT2D eigenvalue weighted by Gasteiger charge is -2.16. The molecule has 0 saturated heterocycles. The maximum atomic E-state index is 12.2. The van der Waals surface area contributed by atoms with Crippen molar-refractivity contribution in [3.8, 4) is 0 Å². The number of fused-ring (bicyclic) bond motifs is 1. The Bertz CT molecular complexity index is 556. The zero-order valence-electron chi connectivity index (χ0n) is 14.1. The Morgan fingerprint density at radius 1 is 1.43 bits per heavy atom. The molecule has 1 aliphatic carbocycles. The summed E-state index contributed by atoms with van der Waals surface area (Å²) in [5, 5.41) is 3.56. The summed E-state index contributed by atoms with van der Waals surface area (Å²) < 4.78 is 0. The van der Waals surface area contributed by atoms with Crippen LogP contribution in [0.15, 0.2) is 6.07 Å². The van der Waals surface area contributed by atoms with E-state index >= 15 is 0 Å². The van der Waals surface area contributed by atoms with Crippen LogP contribution in [0.2, 0.25) is 0 Å². The molecule has 0 spiro atoms. The van der Waals surface area contributed by atoms with E-state index in [1.807, 2.05) is 6.07 Å². The summed E-state index contributed by atoms with van der Waals surface area (Å²) in [7, 11) is 4.25. The number of thiocarbonyl (C=S) groups is 1. The number of amides is 1. The van der Waals surface area contributed by atoms with E-state index in [0.717, 1.165) is 37.2 Å². The van der Waals surface area contributed by atoms with Crippen LogP contribution in [0.1, 0.15) is 39.9 Å². The van der Waals surface area contributed by atoms with Crippen LogP contribution in [0, 0.1) is 5.92 Å². The van der Waals surface area contributed by atoms with Crippen LogP contribution in [-0.2, 0) is 12.8 Å². The van der Waals surface area contributed by atoms with Gasteiger partial charge in [0.2, 0.25) is 0 Å². The smallest absolute Gasteiger partial charge is 0.279 e. The molecular formula is C16H27N4OS2+. The topological polar surface area (TPSA) is 57.6 Å². The molecule has 0 bridgehead atoms. The van der Waals surface area contributed by atoms with E-state index in [9.17, 15) is 4.79 Å². The molecule has 1 aliphatic rings. The summed E-state index contributed by atoms with van der Waals surface area (Å²) in [6, 6.07) is 2.03. The normalized spacial score (nSPS) is 16.8. The Kier molecular flexibility index (Phi) is 6.80. The van der Waals surface area contributed by atoms with Crippen molar-refractivity contribution in [1.29, 1.82) is 0 Å². The van der Waals surface area contributed by atoms with Gasteiger partial charge in [-0.2, -0.15) is 0 Å². The summed E-state index contributed by atoms with van der Waals surface area (Å²) in [4.78, 5) is 15.7. The van der Waals surface area contributed by atoms with Gasteiger partial charge in [0, 0.05) is 17.8 Å². The van der Waals surface area contributed by atoms with Crippen molar-refractivity contribution < 1.29 is 9.69 Å². The van der Waals surface area contributed by atoms with Crippen molar-refractivity contribution in [2.45, 2.75) is 32.6 Å². The minimum atomic E-state index is -0.112. The number of aryl methyl sites for hydroxylation is 1. The number of carbonyl (C=O) groups is 1. The molecule has 0 fully saturated rings. The Labute approximate surface area is 147 Å². The van der Waals surface area contributed by atoms with E-state index in [4.69, 9.17) is 12.2 Å². The number of nitrogens with one attached hydrogen (secondary N) is 4. The lowest BCUT2D eigenvalue weighted by molar-refractivity contribution is -0.858. The first-order chi connectivity index (χ1) is 11.0. The van der Waals surface area contributed by atoms with Gasteiger partial charge in [-0.05, 0) is 49.0 Å². The van der Waals surface area contributed by atoms with E-state index in [-0.39, 0.29) is 5.91 Å². The van der Waals surface area contributed by atoms with Gasteiger partial charge in [-0.25, -0.2) is 0 Å². The summed E-state index contributed by atoms with van der Waals surface area (Å²) >= 11 is 6.77. The van der Waals surface area contributed by atoms with Crippen LogP contribution in [0.4, 0.5) is 0 Å². The van der Waals surface area contributed by atoms with E-state index in [2.05, 4.69) is 37.2 Å². The fraction of sp³-hybridized carbons (Fsp3) is 0.625. The summed E-state index contributed by atoms with van der Waals surface area (Å²) in [5.74, 6) is 0.603. The summed E-state index contributed by atoms with van der Waals surface area (Å²) in [6.07, 6.45) is 4.43. The Hall–Kier alpha value is -1.18. The van der Waals surface area contributed by atoms with Gasteiger partial charge in [-0.15, -0.1) is 11.3 Å². The van der Waals surface area contributed by atoms with Crippen LogP contribution in [-0.4, -0.2) is 38.2 Å². The number of hydrogen-bond donors (Lipinski definition) is 4. The predicted octanol–water partition coefficient (Wildman–Crippen LogP) is 0.516. The highest BCUT2D eigenvalue weighted by Crippen LogP contribution is 2.31. The van der Waals surface area contributed by atoms with Gasteiger partial charge in [-0.3, -0.25) is 15.6 Å². The Morgan fingerprint density at radius 3 is 2.96 bits per heavy atom. The van der Waals surface area contributed by atoms with Crippen molar-refractivity contribution in [2.75, 3.05) is 27.2 Å². The van der Waals surface area contributed by atoms with Crippen molar-refractivity contribution in [2.24, 2.45) is 5.92 Å². The molecule has 23 heavy (non-hydrogen) atoms. The average Bonchev–Trinajstić information content (AvgIpc) is 2.92. The van der Waals surface area contributed by atoms with Crippen molar-refractivity contribution in [3.63, 3.8) is 0 Å². The predicted molar refractivity (Wildman–Crippen MR) is 99.0 cm³/mol. The molecule has 4 N–H and O–H groups in total. The van der Waals surface area contributed by atoms with Crippen molar-refractivity contribution in [3.05, 3.63) is 21.4 Å². The highest BCUT2D eigenvalue weighted by atomic mass is 32.1. The quantitative estimate of drug-likeness (QED) is 0.353. The van der Waals surface area contributed by atoms with Gasteiger partial charge in [-0.1, -0.05) is 6.92 Å². The second-order valence-corrected chi connectivity index (χ2v) is 8.10. The maximum Gasteiger partial charge on any atom is 0.279 e. The zero-order valence-corrected chi connectivity index (χ0v) is 15.8. The van der Waals surface area contributed by atoms with E-state index < -0.39 is 0 Å². The third-order valence-electron chi connectivity index (χ3n) is 3.98. The lowest BCUT2D eigenvalue weighted by atomic mass is 9.90. The van der Waals surface area contributed by atoms with Gasteiger partial charge in [0.25, 0.3) is 5.91 Å². The van der Waals surface area contributed by atoms with Gasteiger partial charge in [0.1, 0.15) is 0 Å². The van der Waals surface area contributed by atoms with Crippen LogP contribution in [0.5, 0.6) is 0 Å². The molecule has 1 heterocycles. The molecular weight excluding hydrogens is 328 g/mol. The molecule has 5 nitrogen and oxygen atoms in total. The molecule has 2 rings (SSSR count). The number of quaternary nitrogens is 1. The fourth-order valence-corrected chi connectivity index (χ4v) is 3.94. The molecule has 1 aromatic heterocycles. The van der Waals surface area contributed by atoms with E-state index in [1.165, 1.54) is 21.8 Å². The molecule has 0 saturated carbocycles. The van der Waals surface area contributed by atoms with Gasteiger partial charge < -0.3 is 10.2 Å². The second-order valence-electron chi connectivity index (χ2n) is 6.55. The number of rotatable bonds is 5. The van der Waals surface area contributed by atoms with Gasteiger partial charge >= 0.3 is 0 Å². The Balaban J connectivity index is 1.73. The van der Waals surface area contributed by atoms with Crippen molar-refractivity contribution >= 4 is 34.6 Å². The first-order valence-electron chi connectivity index (χ1n) is 8.20. The SMILES string of the molecule is C[C@@H]1CCc2sc(C(=O)NNC(=S)NCCC[NH+](C)C)cc2C1. The minimum Gasteiger partial charge on any atom is -0.361 e. The first kappa shape index (κ1) is 18.2. The monoisotopic (exact) mass is 355 g/mol. The third kappa shape index (κ3) is 5.75. The number of hydrogen-bond acceptors (Lipinski definition) is 3. The molecule has 0 aliphatic heterocycles. The van der Waals surface area contributed by atoms with Gasteiger partial charge in [0.05, 0.1) is 25.5 Å². The fourth-order valence-electron chi connectivity index (χ4n) is 2.68. The number of hydrazine groups is 1. The highest BCUT2D eigenvalue weighted by molar-refractivity contribution is 7.80. The molecule has 1 atom stereocenters. The molecule has 7 heteroatoms. The van der Waals surface area contributed by atoms with Crippen molar-refractivity contribution in [1.82, 2.24) is 16.2 Å². The zero-order chi connectivity index (χ0) is 16.8. The van der Waals surface area contributed by atoms with Crippen LogP contribution in [0.3, 0.4) is 0 Å². The van der Waals surface area contributed by atoms with E-state index in [1.54, 1.807) is 11.3 Å². The maximum absolute atomic E-state index is 12.2. The average molecular weight is 356 g/mol. The van der Waals surface area contributed by atoms with Crippen LogP contribution >= 0.6 is 23.6 Å². The molecule has 128 valence electrons. The molecule has 0 radical (unpaired) electrons. The standard InChI is InChI=1S/C16H26N4OS2/c1-11-5-6-13-12(9-11)10-14(23-13)15(21)18-19-16(22)17-7-4-8-20(2)3/h10-11H,4-9H2,1-3H3,(H,18,21)(H2,17,19,22)/p+1/t11-/m1/s1. The second kappa shape index (κ2) is 8.61. The first-order valence-corrected chi connectivity index (χ1v) is 9.43. The molecule has 0 aromatic carbocycles. The largest absolute Gasteiger partial charge is 0.361 e. The molecule has 1 aromatic rings. The van der Waals surface area contributed by atoms with E-state index in [0.29, 0.717) is 11.0 Å². The lowest BCUT2D eigenvalue weighted by Crippen LogP contribution is -3.05. The number of carbonyl (C=O) groups excluding carboxylic acids is 1. The molecule has 1 amide bonds. The van der Waals surface area contributed by atoms with Gasteiger partial charge in [0.15, 0.2) is 5.11 Å². The molecule has 0 unspecified atom stereocenters. The van der Waals surface area contributed by atoms with Crippen LogP contribution < -0.4 is 21.1 Å². The minimum absolute atomic E-state index is 0.112. The summed E-state index contributed by atoms with van der Waals surface area (Å²) in [5.41, 5.74) is 6.80. The van der Waals surface area contributed by atoms with Crippen LogP contribution in [0.25, 0.3) is 0 Å². The summed E-state index contributed by atoms with van der Waals surface area (Å²) in [6.45, 7) is 4.16. The highest BCUT2D eigenvalue weighted by Gasteiger charge is 2.20.